The van der Waals surface area contributed by atoms with Gasteiger partial charge >= 0.3 is 71.2 Å². The maximum absolute atomic E-state index is 7.00. The first-order chi connectivity index (χ1) is 3.00. The van der Waals surface area contributed by atoms with Crippen molar-refractivity contribution in [3.63, 3.8) is 0 Å². The first kappa shape index (κ1) is 32.0. The molecule has 0 amide bonds. The van der Waals surface area contributed by atoms with Crippen molar-refractivity contribution >= 4 is 0 Å². The monoisotopic (exact) mass is 374 g/mol. The van der Waals surface area contributed by atoms with E-state index >= 15 is 0 Å². The molecule has 8 heavy (non-hydrogen) atoms. The fourth-order valence-corrected chi connectivity index (χ4v) is 0. The molecule has 0 bridgehead atoms. The van der Waals surface area contributed by atoms with E-state index in [4.69, 9.17) is 31.5 Å². The summed E-state index contributed by atoms with van der Waals surface area (Å²) in [6, 6.07) is 0. The minimum Gasteiger partial charge on any atom is -1.00 e. The second-order valence-electron chi connectivity index (χ2n) is 0. The Morgan fingerprint density at radius 3 is 0.375 bits per heavy atom. The topological polar surface area (TPSA) is 138 Å². The minimum atomic E-state index is 0. The summed E-state index contributed by atoms with van der Waals surface area (Å²) in [5.41, 5.74) is 0. The summed E-state index contributed by atoms with van der Waals surface area (Å²) in [5.74, 6) is 0. The van der Waals surface area contributed by atoms with Crippen LogP contribution in [-0.2, 0) is 0 Å². The van der Waals surface area contributed by atoms with Crippen LogP contribution in [0.1, 0.15) is 0 Å². The zero-order valence-corrected chi connectivity index (χ0v) is 10.9. The van der Waals surface area contributed by atoms with Crippen LogP contribution in [0.25, 0.3) is 0 Å². The Kier molecular flexibility index (Phi) is 527. The van der Waals surface area contributed by atoms with Crippen molar-refractivity contribution in [2.75, 3.05) is 0 Å². The summed E-state index contributed by atoms with van der Waals surface area (Å²) in [6.45, 7) is 0. The SMILES string of the molecule is [La+3].[La+3].[O-][O-].[O-][O-].[O-][O-]. The summed E-state index contributed by atoms with van der Waals surface area (Å²) in [5, 5.41) is 42.0. The van der Waals surface area contributed by atoms with Gasteiger partial charge in [0.2, 0.25) is 0 Å². The summed E-state index contributed by atoms with van der Waals surface area (Å²) in [6.07, 6.45) is 0. The molecule has 0 fully saturated rings. The summed E-state index contributed by atoms with van der Waals surface area (Å²) < 4.78 is 0. The Morgan fingerprint density at radius 2 is 0.375 bits per heavy atom. The van der Waals surface area contributed by atoms with Crippen LogP contribution in [-0.4, -0.2) is 0 Å². The van der Waals surface area contributed by atoms with Crippen molar-refractivity contribution in [1.82, 2.24) is 0 Å². The Bertz CT molecular complexity index is 6.49. The molecule has 0 aromatic carbocycles. The fourth-order valence-electron chi connectivity index (χ4n) is 0. The van der Waals surface area contributed by atoms with Crippen molar-refractivity contribution < 1.29 is 103 Å². The van der Waals surface area contributed by atoms with Crippen LogP contribution in [0, 0.1) is 71.2 Å². The predicted molar refractivity (Wildman–Crippen MR) is 0 cm³/mol. The van der Waals surface area contributed by atoms with Crippen LogP contribution in [0.2, 0.25) is 0 Å². The van der Waals surface area contributed by atoms with E-state index in [0.717, 1.165) is 0 Å². The van der Waals surface area contributed by atoms with Crippen molar-refractivity contribution in [1.29, 1.82) is 0 Å². The largest absolute Gasteiger partial charge is 3.00 e. The minimum absolute atomic E-state index is 0. The van der Waals surface area contributed by atoms with E-state index in [2.05, 4.69) is 0 Å². The van der Waals surface area contributed by atoms with E-state index < -0.39 is 0 Å². The quantitative estimate of drug-likeness (QED) is 0.305. The van der Waals surface area contributed by atoms with Gasteiger partial charge in [-0.3, -0.25) is 0 Å². The third-order valence-electron chi connectivity index (χ3n) is 0. The van der Waals surface area contributed by atoms with E-state index in [1.807, 2.05) is 0 Å². The van der Waals surface area contributed by atoms with Gasteiger partial charge in [0.1, 0.15) is 0 Å². The molecule has 0 heterocycles. The molecule has 0 aromatic heterocycles. The van der Waals surface area contributed by atoms with Crippen molar-refractivity contribution in [3.05, 3.63) is 0 Å². The molecular weight excluding hydrogens is 374 g/mol. The van der Waals surface area contributed by atoms with Crippen molar-refractivity contribution in [3.8, 4) is 0 Å². The average Bonchev–Trinajstić information content (AvgIpc) is 1.81. The van der Waals surface area contributed by atoms with Crippen molar-refractivity contribution in [2.45, 2.75) is 0 Å². The Balaban J connectivity index is -0.00000000500. The van der Waals surface area contributed by atoms with Gasteiger partial charge in [-0.05, 0) is 0 Å². The van der Waals surface area contributed by atoms with Gasteiger partial charge in [-0.25, -0.2) is 0 Å². The van der Waals surface area contributed by atoms with Crippen LogP contribution in [0.5, 0.6) is 0 Å². The van der Waals surface area contributed by atoms with Crippen LogP contribution in [0.15, 0.2) is 0 Å². The van der Waals surface area contributed by atoms with Crippen LogP contribution in [0.4, 0.5) is 0 Å². The van der Waals surface area contributed by atoms with E-state index in [9.17, 15) is 0 Å². The van der Waals surface area contributed by atoms with Gasteiger partial charge in [0.15, 0.2) is 0 Å². The molecule has 8 heteroatoms. The van der Waals surface area contributed by atoms with Crippen LogP contribution >= 0.6 is 0 Å². The average molecular weight is 374 g/mol. The maximum Gasteiger partial charge on any atom is 3.00 e. The molecule has 0 rings (SSSR count). The van der Waals surface area contributed by atoms with Crippen molar-refractivity contribution in [2.24, 2.45) is 0 Å². The summed E-state index contributed by atoms with van der Waals surface area (Å²) in [4.78, 5) is 0. The van der Waals surface area contributed by atoms with E-state index in [1.165, 1.54) is 0 Å². The molecule has 0 N–H and O–H groups in total. The first-order valence-corrected chi connectivity index (χ1v) is 0.500. The summed E-state index contributed by atoms with van der Waals surface area (Å²) >= 11 is 0. The normalized spacial score (nSPS) is 2.25. The predicted octanol–water partition coefficient (Wildman–Crippen LogP) is -7.13. The van der Waals surface area contributed by atoms with Gasteiger partial charge < -0.3 is 31.5 Å². The van der Waals surface area contributed by atoms with Gasteiger partial charge in [0, 0.05) is 0 Å². The molecule has 0 aliphatic rings. The molecular formula is La2O6. The molecule has 0 saturated carbocycles. The second-order valence-corrected chi connectivity index (χ2v) is 0. The molecule has 0 radical (unpaired) electrons. The molecule has 0 aliphatic carbocycles. The van der Waals surface area contributed by atoms with Gasteiger partial charge in [-0.15, -0.1) is 0 Å². The molecule has 0 atom stereocenters. The van der Waals surface area contributed by atoms with E-state index in [0.29, 0.717) is 0 Å². The molecule has 6 nitrogen and oxygen atoms in total. The number of hydrogen-bond acceptors (Lipinski definition) is 6. The van der Waals surface area contributed by atoms with Crippen LogP contribution < -0.4 is 31.5 Å². The van der Waals surface area contributed by atoms with Gasteiger partial charge in [-0.2, -0.15) is 0 Å². The number of rotatable bonds is 0. The molecule has 0 saturated heterocycles. The van der Waals surface area contributed by atoms with E-state index in [-0.39, 0.29) is 71.2 Å². The third-order valence-corrected chi connectivity index (χ3v) is 0. The molecule has 0 unspecified atom stereocenters. The second kappa shape index (κ2) is 132. The molecule has 0 aromatic rings. The first-order valence-electron chi connectivity index (χ1n) is 0.500. The third kappa shape index (κ3) is 90.2. The van der Waals surface area contributed by atoms with Gasteiger partial charge in [0.05, 0.1) is 0 Å². The fraction of sp³-hybridized carbons (Fsp3) is 0. The van der Waals surface area contributed by atoms with E-state index in [1.54, 1.807) is 0 Å². The van der Waals surface area contributed by atoms with Gasteiger partial charge in [-0.1, -0.05) is 0 Å². The Hall–Kier alpha value is 2.15. The zero-order chi connectivity index (χ0) is 6.00. The summed E-state index contributed by atoms with van der Waals surface area (Å²) in [7, 11) is 0. The Labute approximate surface area is 101 Å². The number of hydrogen-bond donors (Lipinski definition) is 0. The Morgan fingerprint density at radius 1 is 0.375 bits per heavy atom. The standard InChI is InChI=1S/2La.3O2/c;;3*1-2/q2*+3;3*-2. The van der Waals surface area contributed by atoms with Crippen LogP contribution in [0.3, 0.4) is 0 Å². The molecule has 0 spiro atoms. The molecule has 42 valence electrons. The maximum atomic E-state index is 7.00. The molecule has 0 aliphatic heterocycles. The smallest absolute Gasteiger partial charge is 1.00 e. The zero-order valence-electron chi connectivity index (χ0n) is 3.60. The van der Waals surface area contributed by atoms with Gasteiger partial charge in [0.25, 0.3) is 0 Å².